The topological polar surface area (TPSA) is 29.5 Å². The number of rotatable bonds is 4. The molecule has 0 saturated carbocycles. The molecule has 0 radical (unpaired) electrons. The number of hydrogen-bond donors (Lipinski definition) is 0. The van der Waals surface area contributed by atoms with Crippen molar-refractivity contribution in [1.29, 1.82) is 0 Å². The van der Waals surface area contributed by atoms with Crippen LogP contribution in [0.2, 0.25) is 0 Å². The summed E-state index contributed by atoms with van der Waals surface area (Å²) in [5, 5.41) is 0. The first-order chi connectivity index (χ1) is 6.77. The van der Waals surface area contributed by atoms with Gasteiger partial charge in [0.2, 0.25) is 5.91 Å². The van der Waals surface area contributed by atoms with Crippen molar-refractivity contribution in [3.05, 3.63) is 0 Å². The zero-order valence-corrected chi connectivity index (χ0v) is 9.88. The molecule has 1 aliphatic heterocycles. The van der Waals surface area contributed by atoms with E-state index < -0.39 is 0 Å². The molecule has 1 aliphatic rings. The van der Waals surface area contributed by atoms with Gasteiger partial charge in [0.05, 0.1) is 0 Å². The molecule has 3 nitrogen and oxygen atoms in total. The number of carbonyl (C=O) groups excluding carboxylic acids is 1. The van der Waals surface area contributed by atoms with E-state index in [2.05, 4.69) is 6.92 Å². The van der Waals surface area contributed by atoms with Crippen LogP contribution >= 0.6 is 0 Å². The predicted octanol–water partition coefficient (Wildman–Crippen LogP) is 1.92. The van der Waals surface area contributed by atoms with Crippen molar-refractivity contribution in [3.8, 4) is 0 Å². The highest BCUT2D eigenvalue weighted by atomic mass is 16.5. The van der Waals surface area contributed by atoms with Gasteiger partial charge in [-0.25, -0.2) is 0 Å². The molecule has 0 bridgehead atoms. The molecule has 14 heavy (non-hydrogen) atoms. The maximum atomic E-state index is 11.2. The Kier molecular flexibility index (Phi) is 7.48. The van der Waals surface area contributed by atoms with Crippen molar-refractivity contribution in [3.63, 3.8) is 0 Å². The summed E-state index contributed by atoms with van der Waals surface area (Å²) in [7, 11) is 0. The molecule has 1 heterocycles. The summed E-state index contributed by atoms with van der Waals surface area (Å²) in [6.07, 6.45) is 1.18. The molecule has 0 aromatic rings. The van der Waals surface area contributed by atoms with E-state index in [1.54, 1.807) is 0 Å². The Labute approximate surface area is 87.4 Å². The quantitative estimate of drug-likeness (QED) is 0.695. The Morgan fingerprint density at radius 3 is 2.36 bits per heavy atom. The smallest absolute Gasteiger partial charge is 0.248 e. The zero-order chi connectivity index (χ0) is 11.0. The molecular weight excluding hydrogens is 178 g/mol. The zero-order valence-electron chi connectivity index (χ0n) is 9.88. The fourth-order valence-electron chi connectivity index (χ4n) is 1.31. The Morgan fingerprint density at radius 1 is 1.36 bits per heavy atom. The van der Waals surface area contributed by atoms with Crippen LogP contribution < -0.4 is 0 Å². The van der Waals surface area contributed by atoms with Crippen LogP contribution in [0.15, 0.2) is 0 Å². The van der Waals surface area contributed by atoms with E-state index in [4.69, 9.17) is 4.74 Å². The van der Waals surface area contributed by atoms with Crippen LogP contribution in [0.5, 0.6) is 0 Å². The van der Waals surface area contributed by atoms with Gasteiger partial charge in [0.1, 0.15) is 6.61 Å². The summed E-state index contributed by atoms with van der Waals surface area (Å²) in [6.45, 7) is 10.8. The molecule has 0 unspecified atom stereocenters. The SMILES string of the molecule is CC.CCOCC(=O)N1CC(CC)C1. The fourth-order valence-corrected chi connectivity index (χ4v) is 1.31. The molecule has 0 spiro atoms. The van der Waals surface area contributed by atoms with Crippen LogP contribution in [0.25, 0.3) is 0 Å². The second-order valence-corrected chi connectivity index (χ2v) is 3.21. The number of hydrogen-bond acceptors (Lipinski definition) is 2. The van der Waals surface area contributed by atoms with E-state index in [1.807, 2.05) is 25.7 Å². The lowest BCUT2D eigenvalue weighted by Gasteiger charge is -2.38. The molecule has 0 atom stereocenters. The first-order valence-corrected chi connectivity index (χ1v) is 5.63. The van der Waals surface area contributed by atoms with Gasteiger partial charge in [-0.3, -0.25) is 4.79 Å². The predicted molar refractivity (Wildman–Crippen MR) is 58.2 cm³/mol. The number of amides is 1. The standard InChI is InChI=1S/C9H17NO2.C2H6/c1-3-8-5-10(6-8)9(11)7-12-4-2;1-2/h8H,3-7H2,1-2H3;1-2H3. The van der Waals surface area contributed by atoms with Crippen LogP contribution in [0.1, 0.15) is 34.1 Å². The normalized spacial score (nSPS) is 15.6. The number of likely N-dealkylation sites (tertiary alicyclic amines) is 1. The lowest BCUT2D eigenvalue weighted by Crippen LogP contribution is -2.50. The highest BCUT2D eigenvalue weighted by Crippen LogP contribution is 2.18. The van der Waals surface area contributed by atoms with Gasteiger partial charge in [0.25, 0.3) is 0 Å². The first kappa shape index (κ1) is 13.4. The summed E-state index contributed by atoms with van der Waals surface area (Å²) in [6, 6.07) is 0. The summed E-state index contributed by atoms with van der Waals surface area (Å²) in [5.74, 6) is 0.872. The van der Waals surface area contributed by atoms with Gasteiger partial charge < -0.3 is 9.64 Å². The molecule has 1 saturated heterocycles. The van der Waals surface area contributed by atoms with Crippen LogP contribution in [-0.4, -0.2) is 37.1 Å². The average Bonchev–Trinajstić information content (AvgIpc) is 2.16. The minimum absolute atomic E-state index is 0.140. The van der Waals surface area contributed by atoms with Gasteiger partial charge in [-0.1, -0.05) is 20.8 Å². The van der Waals surface area contributed by atoms with Gasteiger partial charge >= 0.3 is 0 Å². The highest BCUT2D eigenvalue weighted by Gasteiger charge is 2.28. The maximum Gasteiger partial charge on any atom is 0.248 e. The lowest BCUT2D eigenvalue weighted by molar-refractivity contribution is -0.142. The van der Waals surface area contributed by atoms with Crippen LogP contribution in [0, 0.1) is 5.92 Å². The Balaban J connectivity index is 0.000000791. The lowest BCUT2D eigenvalue weighted by atomic mass is 9.97. The van der Waals surface area contributed by atoms with Gasteiger partial charge in [0, 0.05) is 19.7 Å². The van der Waals surface area contributed by atoms with Crippen molar-refractivity contribution in [1.82, 2.24) is 4.90 Å². The van der Waals surface area contributed by atoms with E-state index in [-0.39, 0.29) is 12.5 Å². The summed E-state index contributed by atoms with van der Waals surface area (Å²) in [4.78, 5) is 13.1. The van der Waals surface area contributed by atoms with Gasteiger partial charge in [0.15, 0.2) is 0 Å². The molecular formula is C11H23NO2. The molecule has 1 rings (SSSR count). The van der Waals surface area contributed by atoms with Crippen molar-refractivity contribution in [2.45, 2.75) is 34.1 Å². The molecule has 1 fully saturated rings. The summed E-state index contributed by atoms with van der Waals surface area (Å²) >= 11 is 0. The number of ether oxygens (including phenoxy) is 1. The molecule has 3 heteroatoms. The third-order valence-electron chi connectivity index (χ3n) is 2.32. The van der Waals surface area contributed by atoms with Crippen LogP contribution in [0.3, 0.4) is 0 Å². The minimum atomic E-state index is 0.140. The van der Waals surface area contributed by atoms with Crippen LogP contribution in [-0.2, 0) is 9.53 Å². The van der Waals surface area contributed by atoms with Crippen molar-refractivity contribution in [2.75, 3.05) is 26.3 Å². The molecule has 0 N–H and O–H groups in total. The first-order valence-electron chi connectivity index (χ1n) is 5.63. The largest absolute Gasteiger partial charge is 0.372 e. The molecule has 0 aliphatic carbocycles. The molecule has 1 amide bonds. The Hall–Kier alpha value is -0.570. The second kappa shape index (κ2) is 7.80. The van der Waals surface area contributed by atoms with E-state index in [1.165, 1.54) is 6.42 Å². The van der Waals surface area contributed by atoms with Crippen LogP contribution in [0.4, 0.5) is 0 Å². The van der Waals surface area contributed by atoms with Gasteiger partial charge in [-0.2, -0.15) is 0 Å². The Morgan fingerprint density at radius 2 is 1.93 bits per heavy atom. The van der Waals surface area contributed by atoms with E-state index >= 15 is 0 Å². The molecule has 0 aromatic carbocycles. The number of nitrogens with zero attached hydrogens (tertiary/aromatic N) is 1. The fraction of sp³-hybridized carbons (Fsp3) is 0.909. The van der Waals surface area contributed by atoms with E-state index in [9.17, 15) is 4.79 Å². The third kappa shape index (κ3) is 4.09. The maximum absolute atomic E-state index is 11.2. The number of carbonyl (C=O) groups is 1. The highest BCUT2D eigenvalue weighted by molar-refractivity contribution is 5.78. The van der Waals surface area contributed by atoms with E-state index in [0.29, 0.717) is 6.61 Å². The molecule has 0 aromatic heterocycles. The monoisotopic (exact) mass is 201 g/mol. The summed E-state index contributed by atoms with van der Waals surface area (Å²) in [5.41, 5.74) is 0. The third-order valence-corrected chi connectivity index (χ3v) is 2.32. The van der Waals surface area contributed by atoms with Crippen molar-refractivity contribution >= 4 is 5.91 Å². The Bertz CT molecular complexity index is 153. The average molecular weight is 201 g/mol. The minimum Gasteiger partial charge on any atom is -0.372 e. The van der Waals surface area contributed by atoms with E-state index in [0.717, 1.165) is 19.0 Å². The summed E-state index contributed by atoms with van der Waals surface area (Å²) < 4.78 is 5.03. The molecule has 84 valence electrons. The van der Waals surface area contributed by atoms with Gasteiger partial charge in [-0.05, 0) is 19.3 Å². The van der Waals surface area contributed by atoms with Crippen molar-refractivity contribution < 1.29 is 9.53 Å². The van der Waals surface area contributed by atoms with Gasteiger partial charge in [-0.15, -0.1) is 0 Å². The van der Waals surface area contributed by atoms with Crippen molar-refractivity contribution in [2.24, 2.45) is 5.92 Å². The second-order valence-electron chi connectivity index (χ2n) is 3.21.